The predicted molar refractivity (Wildman–Crippen MR) is 77.7 cm³/mol. The lowest BCUT2D eigenvalue weighted by Gasteiger charge is -2.08. The molecule has 0 saturated heterocycles. The van der Waals surface area contributed by atoms with Gasteiger partial charge in [0.1, 0.15) is 17.9 Å². The molecular formula is C14H10ClFN2O4. The predicted octanol–water partition coefficient (Wildman–Crippen LogP) is 1.98. The molecule has 0 atom stereocenters. The van der Waals surface area contributed by atoms with E-state index in [0.29, 0.717) is 0 Å². The fourth-order valence-electron chi connectivity index (χ4n) is 1.75. The molecule has 0 spiro atoms. The maximum absolute atomic E-state index is 13.0. The van der Waals surface area contributed by atoms with E-state index in [1.54, 1.807) is 0 Å². The molecule has 0 aliphatic rings. The zero-order valence-electron chi connectivity index (χ0n) is 11.0. The number of halogens is 2. The van der Waals surface area contributed by atoms with Gasteiger partial charge in [-0.3, -0.25) is 9.59 Å². The number of benzene rings is 1. The third kappa shape index (κ3) is 3.50. The van der Waals surface area contributed by atoms with Gasteiger partial charge in [-0.25, -0.2) is 9.18 Å². The molecule has 2 rings (SSSR count). The van der Waals surface area contributed by atoms with Crippen LogP contribution in [0, 0.1) is 5.82 Å². The third-order valence-electron chi connectivity index (χ3n) is 2.77. The van der Waals surface area contributed by atoms with E-state index in [1.165, 1.54) is 24.4 Å². The molecule has 0 bridgehead atoms. The monoisotopic (exact) mass is 324 g/mol. The number of carboxylic acids is 1. The summed E-state index contributed by atoms with van der Waals surface area (Å²) in [7, 11) is 0. The first kappa shape index (κ1) is 15.7. The number of nitrogens with one attached hydrogen (secondary N) is 1. The van der Waals surface area contributed by atoms with Crippen molar-refractivity contribution in [3.05, 3.63) is 63.3 Å². The molecule has 114 valence electrons. The van der Waals surface area contributed by atoms with Gasteiger partial charge < -0.3 is 15.0 Å². The minimum absolute atomic E-state index is 0.150. The highest BCUT2D eigenvalue weighted by atomic mass is 35.5. The van der Waals surface area contributed by atoms with E-state index in [1.807, 2.05) is 0 Å². The van der Waals surface area contributed by atoms with Crippen LogP contribution in [0.3, 0.4) is 0 Å². The second kappa shape index (κ2) is 6.40. The van der Waals surface area contributed by atoms with Crippen molar-refractivity contribution in [2.75, 3.05) is 5.32 Å². The van der Waals surface area contributed by atoms with Crippen LogP contribution in [0.1, 0.15) is 10.4 Å². The number of aromatic nitrogens is 1. The molecule has 0 aliphatic carbocycles. The lowest BCUT2D eigenvalue weighted by atomic mass is 10.3. The number of rotatable bonds is 4. The van der Waals surface area contributed by atoms with Crippen LogP contribution in [0.2, 0.25) is 5.02 Å². The number of hydrogen-bond acceptors (Lipinski definition) is 3. The summed E-state index contributed by atoms with van der Waals surface area (Å²) in [5.41, 5.74) is -0.957. The zero-order valence-corrected chi connectivity index (χ0v) is 11.8. The van der Waals surface area contributed by atoms with Gasteiger partial charge in [0.2, 0.25) is 5.91 Å². The number of carboxylic acid groups (broad SMARTS) is 1. The number of hydrogen-bond donors (Lipinski definition) is 2. The minimum Gasteiger partial charge on any atom is -0.477 e. The van der Waals surface area contributed by atoms with Gasteiger partial charge in [0.05, 0.1) is 5.02 Å². The molecule has 8 heteroatoms. The minimum atomic E-state index is -1.37. The Balaban J connectivity index is 2.16. The van der Waals surface area contributed by atoms with E-state index in [2.05, 4.69) is 5.32 Å². The van der Waals surface area contributed by atoms with Gasteiger partial charge in [-0.05, 0) is 30.3 Å². The summed E-state index contributed by atoms with van der Waals surface area (Å²) in [4.78, 5) is 34.5. The molecule has 1 amide bonds. The van der Waals surface area contributed by atoms with Crippen molar-refractivity contribution in [3.8, 4) is 0 Å². The second-order valence-corrected chi connectivity index (χ2v) is 4.74. The normalized spacial score (nSPS) is 10.3. The largest absolute Gasteiger partial charge is 0.477 e. The zero-order chi connectivity index (χ0) is 16.3. The van der Waals surface area contributed by atoms with Gasteiger partial charge >= 0.3 is 5.97 Å². The van der Waals surface area contributed by atoms with E-state index >= 15 is 0 Å². The number of anilines is 1. The molecule has 6 nitrogen and oxygen atoms in total. The Hall–Kier alpha value is -2.67. The molecule has 2 aromatic rings. The van der Waals surface area contributed by atoms with Crippen molar-refractivity contribution in [2.45, 2.75) is 6.54 Å². The van der Waals surface area contributed by atoms with Crippen molar-refractivity contribution in [1.82, 2.24) is 4.57 Å². The molecule has 22 heavy (non-hydrogen) atoms. The van der Waals surface area contributed by atoms with E-state index in [4.69, 9.17) is 16.7 Å². The Labute approximate surface area is 128 Å². The van der Waals surface area contributed by atoms with Crippen LogP contribution < -0.4 is 10.9 Å². The summed E-state index contributed by atoms with van der Waals surface area (Å²) in [6, 6.07) is 6.14. The maximum Gasteiger partial charge on any atom is 0.341 e. The van der Waals surface area contributed by atoms with Crippen molar-refractivity contribution in [2.24, 2.45) is 0 Å². The van der Waals surface area contributed by atoms with Crippen LogP contribution in [-0.2, 0) is 11.3 Å². The van der Waals surface area contributed by atoms with E-state index in [-0.39, 0.29) is 17.3 Å². The third-order valence-corrected chi connectivity index (χ3v) is 3.06. The van der Waals surface area contributed by atoms with Gasteiger partial charge in [-0.2, -0.15) is 0 Å². The van der Waals surface area contributed by atoms with Gasteiger partial charge in [0, 0.05) is 11.9 Å². The average Bonchev–Trinajstić information content (AvgIpc) is 2.45. The average molecular weight is 325 g/mol. The van der Waals surface area contributed by atoms with E-state index in [0.717, 1.165) is 16.7 Å². The summed E-state index contributed by atoms with van der Waals surface area (Å²) in [6.45, 7) is -0.380. The highest BCUT2D eigenvalue weighted by Gasteiger charge is 2.12. The Kier molecular flexibility index (Phi) is 4.57. The molecule has 0 saturated carbocycles. The summed E-state index contributed by atoms with van der Waals surface area (Å²) in [5.74, 6) is -2.57. The van der Waals surface area contributed by atoms with E-state index < -0.39 is 28.8 Å². The molecule has 0 fully saturated rings. The second-order valence-electron chi connectivity index (χ2n) is 4.34. The molecule has 0 unspecified atom stereocenters. The first-order chi connectivity index (χ1) is 10.4. The van der Waals surface area contributed by atoms with Crippen LogP contribution in [-0.4, -0.2) is 21.6 Å². The Morgan fingerprint density at radius 3 is 2.68 bits per heavy atom. The first-order valence-corrected chi connectivity index (χ1v) is 6.44. The molecular weight excluding hydrogens is 315 g/mol. The van der Waals surface area contributed by atoms with E-state index in [9.17, 15) is 18.8 Å². The molecule has 2 N–H and O–H groups in total. The number of nitrogens with zero attached hydrogens (tertiary/aromatic N) is 1. The Morgan fingerprint density at radius 2 is 2.05 bits per heavy atom. The lowest BCUT2D eigenvalue weighted by Crippen LogP contribution is -2.30. The van der Waals surface area contributed by atoms with Crippen LogP contribution in [0.4, 0.5) is 10.1 Å². The van der Waals surface area contributed by atoms with Crippen molar-refractivity contribution in [3.63, 3.8) is 0 Å². The van der Waals surface area contributed by atoms with Crippen molar-refractivity contribution < 1.29 is 19.1 Å². The quantitative estimate of drug-likeness (QED) is 0.900. The van der Waals surface area contributed by atoms with Gasteiger partial charge in [-0.1, -0.05) is 11.6 Å². The maximum atomic E-state index is 13.0. The Morgan fingerprint density at radius 1 is 1.32 bits per heavy atom. The van der Waals surface area contributed by atoms with Crippen LogP contribution in [0.25, 0.3) is 0 Å². The fraction of sp³-hybridized carbons (Fsp3) is 0.0714. The smallest absolute Gasteiger partial charge is 0.341 e. The molecule has 0 radical (unpaired) electrons. The van der Waals surface area contributed by atoms with Crippen LogP contribution >= 0.6 is 11.6 Å². The number of pyridine rings is 1. The highest BCUT2D eigenvalue weighted by molar-refractivity contribution is 6.31. The van der Waals surface area contributed by atoms with Crippen LogP contribution in [0.15, 0.2) is 41.3 Å². The summed E-state index contributed by atoms with van der Waals surface area (Å²) >= 11 is 5.59. The SMILES string of the molecule is O=C(Cn1cccc(C(=O)O)c1=O)Nc1ccc(F)c(Cl)c1. The molecule has 1 heterocycles. The first-order valence-electron chi connectivity index (χ1n) is 6.06. The van der Waals surface area contributed by atoms with Crippen LogP contribution in [0.5, 0.6) is 0 Å². The standard InChI is InChI=1S/C14H10ClFN2O4/c15-10-6-8(3-4-11(10)16)17-12(19)7-18-5-1-2-9(13(18)20)14(21)22/h1-6H,7H2,(H,17,19)(H,21,22). The highest BCUT2D eigenvalue weighted by Crippen LogP contribution is 2.19. The van der Waals surface area contributed by atoms with Crippen molar-refractivity contribution in [1.29, 1.82) is 0 Å². The summed E-state index contributed by atoms with van der Waals surface area (Å²) < 4.78 is 14.0. The van der Waals surface area contributed by atoms with Gasteiger partial charge in [-0.15, -0.1) is 0 Å². The fourth-order valence-corrected chi connectivity index (χ4v) is 1.93. The molecule has 0 aliphatic heterocycles. The number of amides is 1. The Bertz CT molecular complexity index is 804. The number of carbonyl (C=O) groups excluding carboxylic acids is 1. The van der Waals surface area contributed by atoms with Gasteiger partial charge in [0.15, 0.2) is 0 Å². The summed E-state index contributed by atoms with van der Waals surface area (Å²) in [6.07, 6.45) is 1.30. The molecule has 1 aromatic heterocycles. The van der Waals surface area contributed by atoms with Crippen molar-refractivity contribution >= 4 is 29.2 Å². The molecule has 1 aromatic carbocycles. The number of carbonyl (C=O) groups is 2. The number of aromatic carboxylic acids is 1. The lowest BCUT2D eigenvalue weighted by molar-refractivity contribution is -0.116. The van der Waals surface area contributed by atoms with Gasteiger partial charge in [0.25, 0.3) is 5.56 Å². The topological polar surface area (TPSA) is 88.4 Å². The summed E-state index contributed by atoms with van der Waals surface area (Å²) in [5, 5.41) is 11.1.